The molecule has 0 aromatic heterocycles. The number of aryl methyl sites for hydroxylation is 1. The zero-order valence-corrected chi connectivity index (χ0v) is 36.1. The molecule has 7 rings (SSSR count). The fourth-order valence-electron chi connectivity index (χ4n) is 8.43. The van der Waals surface area contributed by atoms with Gasteiger partial charge in [-0.2, -0.15) is 0 Å². The van der Waals surface area contributed by atoms with Crippen molar-refractivity contribution in [1.29, 1.82) is 0 Å². The zero-order chi connectivity index (χ0) is 43.5. The minimum absolute atomic E-state index is 0.0240. The van der Waals surface area contributed by atoms with Crippen LogP contribution in [0.25, 0.3) is 0 Å². The van der Waals surface area contributed by atoms with E-state index in [-0.39, 0.29) is 31.2 Å². The van der Waals surface area contributed by atoms with Gasteiger partial charge >= 0.3 is 5.97 Å². The Bertz CT molecular complexity index is 2270. The number of hydrogen-bond acceptors (Lipinski definition) is 8. The van der Waals surface area contributed by atoms with E-state index in [1.54, 1.807) is 32.9 Å². The molecule has 2 N–H and O–H groups in total. The van der Waals surface area contributed by atoms with Gasteiger partial charge in [0.1, 0.15) is 35.5 Å². The Morgan fingerprint density at radius 1 is 0.726 bits per heavy atom. The van der Waals surface area contributed by atoms with Crippen molar-refractivity contribution in [3.63, 3.8) is 0 Å². The highest BCUT2D eigenvalue weighted by Crippen LogP contribution is 2.47. The summed E-state index contributed by atoms with van der Waals surface area (Å²) in [5.74, 6) is 1.56. The second-order valence-corrected chi connectivity index (χ2v) is 17.0. The van der Waals surface area contributed by atoms with Crippen LogP contribution in [-0.4, -0.2) is 60.8 Å². The van der Waals surface area contributed by atoms with Crippen LogP contribution in [0.4, 0.5) is 0 Å². The average molecular weight is 839 g/mol. The van der Waals surface area contributed by atoms with Crippen molar-refractivity contribution in [3.8, 4) is 17.2 Å². The van der Waals surface area contributed by atoms with Crippen molar-refractivity contribution in [2.24, 2.45) is 5.73 Å². The first kappa shape index (κ1) is 43.9. The van der Waals surface area contributed by atoms with E-state index in [2.05, 4.69) is 84.9 Å². The number of amides is 2. The lowest BCUT2D eigenvalue weighted by molar-refractivity contribution is -0.155. The topological polar surface area (TPSA) is 127 Å². The third-order valence-electron chi connectivity index (χ3n) is 11.4. The molecule has 324 valence electrons. The van der Waals surface area contributed by atoms with Crippen LogP contribution in [-0.2, 0) is 38.6 Å². The van der Waals surface area contributed by atoms with Gasteiger partial charge in [0.25, 0.3) is 5.91 Å². The maximum absolute atomic E-state index is 13.2. The normalized spacial score (nSPS) is 16.2. The summed E-state index contributed by atoms with van der Waals surface area (Å²) in [6.45, 7) is 8.18. The second-order valence-electron chi connectivity index (χ2n) is 17.0. The number of carbonyl (C=O) groups excluding carboxylic acids is 3. The molecule has 0 bridgehead atoms. The summed E-state index contributed by atoms with van der Waals surface area (Å²) in [6.07, 6.45) is 3.57. The third-order valence-corrected chi connectivity index (χ3v) is 11.4. The second kappa shape index (κ2) is 20.6. The van der Waals surface area contributed by atoms with Gasteiger partial charge < -0.3 is 34.3 Å². The van der Waals surface area contributed by atoms with E-state index in [0.717, 1.165) is 41.9 Å². The zero-order valence-electron chi connectivity index (χ0n) is 36.1. The molecule has 2 aliphatic rings. The van der Waals surface area contributed by atoms with E-state index in [4.69, 9.17) is 29.4 Å². The molecule has 10 heteroatoms. The predicted molar refractivity (Wildman–Crippen MR) is 238 cm³/mol. The molecule has 0 saturated carbocycles. The maximum atomic E-state index is 13.2. The van der Waals surface area contributed by atoms with E-state index in [1.165, 1.54) is 27.2 Å². The molecule has 0 spiro atoms. The van der Waals surface area contributed by atoms with E-state index in [1.807, 2.05) is 24.3 Å². The molecule has 0 fully saturated rings. The number of carbonyl (C=O) groups is 3. The lowest BCUT2D eigenvalue weighted by Crippen LogP contribution is -2.45. The summed E-state index contributed by atoms with van der Waals surface area (Å²) in [5.41, 5.74) is 12.8. The molecule has 5 aromatic rings. The van der Waals surface area contributed by atoms with E-state index in [9.17, 15) is 14.4 Å². The minimum Gasteiger partial charge on any atom is -0.494 e. The Labute approximate surface area is 365 Å². The first-order chi connectivity index (χ1) is 30.0. The van der Waals surface area contributed by atoms with Gasteiger partial charge in [-0.05, 0) is 122 Å². The molecular formula is C52H58N2O8. The SMILES string of the molecule is CC(C)(C)OC(=O)CC[C@@H](C(N)=O)N1Cc2cc(OCCCOCCCOc3ccc([C@@H]4c5ccc(OCc6ccccc6)cc5CC[C@@H]4c4ccccc4)cc3)ccc2C1=O. The van der Waals surface area contributed by atoms with Gasteiger partial charge in [0.15, 0.2) is 0 Å². The van der Waals surface area contributed by atoms with Crippen molar-refractivity contribution in [2.75, 3.05) is 26.4 Å². The molecule has 5 aromatic carbocycles. The number of nitrogens with two attached hydrogens (primary N) is 1. The first-order valence-electron chi connectivity index (χ1n) is 21.8. The fourth-order valence-corrected chi connectivity index (χ4v) is 8.43. The molecule has 2 amide bonds. The minimum atomic E-state index is -0.921. The van der Waals surface area contributed by atoms with Crippen molar-refractivity contribution in [2.45, 2.75) is 95.9 Å². The van der Waals surface area contributed by atoms with Gasteiger partial charge in [-0.25, -0.2) is 0 Å². The first-order valence-corrected chi connectivity index (χ1v) is 21.8. The molecule has 62 heavy (non-hydrogen) atoms. The Balaban J connectivity index is 0.837. The van der Waals surface area contributed by atoms with E-state index in [0.29, 0.717) is 56.7 Å². The number of esters is 1. The molecule has 0 unspecified atom stereocenters. The van der Waals surface area contributed by atoms with Crippen LogP contribution in [0.3, 0.4) is 0 Å². The van der Waals surface area contributed by atoms with Gasteiger partial charge in [-0.1, -0.05) is 78.9 Å². The number of nitrogens with zero attached hydrogens (tertiary/aromatic N) is 1. The highest BCUT2D eigenvalue weighted by molar-refractivity contribution is 6.01. The van der Waals surface area contributed by atoms with Crippen LogP contribution in [0.1, 0.15) is 108 Å². The van der Waals surface area contributed by atoms with Crippen LogP contribution in [0.2, 0.25) is 0 Å². The van der Waals surface area contributed by atoms with Gasteiger partial charge in [0, 0.05) is 50.5 Å². The number of fused-ring (bicyclic) bond motifs is 2. The Kier molecular flexibility index (Phi) is 14.6. The summed E-state index contributed by atoms with van der Waals surface area (Å²) in [6, 6.07) is 40.7. The van der Waals surface area contributed by atoms with Gasteiger partial charge in [-0.3, -0.25) is 14.4 Å². The van der Waals surface area contributed by atoms with Crippen LogP contribution in [0.5, 0.6) is 17.2 Å². The maximum Gasteiger partial charge on any atom is 0.306 e. The highest BCUT2D eigenvalue weighted by atomic mass is 16.6. The lowest BCUT2D eigenvalue weighted by Gasteiger charge is -2.35. The van der Waals surface area contributed by atoms with Crippen molar-refractivity contribution >= 4 is 17.8 Å². The number of benzene rings is 5. The van der Waals surface area contributed by atoms with Crippen molar-refractivity contribution < 1.29 is 38.1 Å². The smallest absolute Gasteiger partial charge is 0.306 e. The molecule has 0 saturated heterocycles. The summed E-state index contributed by atoms with van der Waals surface area (Å²) >= 11 is 0. The van der Waals surface area contributed by atoms with Gasteiger partial charge in [0.05, 0.1) is 13.2 Å². The standard InChI is InChI=1S/C52H58N2O8/c1-52(2,3)62-48(55)27-26-47(50(53)56)54-34-40-33-42(22-25-46(40)51(54)57)60-31-11-29-58-28-10-30-59-41-19-16-38(17-20-41)49-44(37-14-8-5-9-15-37)23-18-39-32-43(21-24-45(39)49)61-35-36-12-6-4-7-13-36/h4-9,12-17,19-22,24-25,32-33,44,47,49H,10-11,18,23,26-31,34-35H2,1-3H3,(H2,53,56)/t44-,47+,49+/m1/s1. The lowest BCUT2D eigenvalue weighted by atomic mass is 9.69. The third kappa shape index (κ3) is 11.6. The Morgan fingerprint density at radius 3 is 2.05 bits per heavy atom. The van der Waals surface area contributed by atoms with Gasteiger partial charge in [0.2, 0.25) is 5.91 Å². The summed E-state index contributed by atoms with van der Waals surface area (Å²) < 4.78 is 29.5. The molecule has 3 atom stereocenters. The quantitative estimate of drug-likeness (QED) is 0.0608. The highest BCUT2D eigenvalue weighted by Gasteiger charge is 2.36. The largest absolute Gasteiger partial charge is 0.494 e. The van der Waals surface area contributed by atoms with Crippen LogP contribution >= 0.6 is 0 Å². The summed E-state index contributed by atoms with van der Waals surface area (Å²) in [7, 11) is 0. The molecule has 1 heterocycles. The van der Waals surface area contributed by atoms with Gasteiger partial charge in [-0.15, -0.1) is 0 Å². The Morgan fingerprint density at radius 2 is 1.35 bits per heavy atom. The number of rotatable bonds is 20. The number of primary amides is 1. The van der Waals surface area contributed by atoms with Crippen molar-refractivity contribution in [1.82, 2.24) is 4.90 Å². The molecule has 0 radical (unpaired) electrons. The van der Waals surface area contributed by atoms with Crippen LogP contribution in [0, 0.1) is 0 Å². The summed E-state index contributed by atoms with van der Waals surface area (Å²) in [5, 5.41) is 0. The number of ether oxygens (including phenoxy) is 5. The van der Waals surface area contributed by atoms with E-state index < -0.39 is 23.5 Å². The average Bonchev–Trinajstić information content (AvgIpc) is 3.59. The molecular weight excluding hydrogens is 781 g/mol. The molecule has 1 aliphatic carbocycles. The summed E-state index contributed by atoms with van der Waals surface area (Å²) in [4.78, 5) is 39.2. The van der Waals surface area contributed by atoms with Crippen LogP contribution < -0.4 is 19.9 Å². The predicted octanol–water partition coefficient (Wildman–Crippen LogP) is 9.31. The van der Waals surface area contributed by atoms with Crippen molar-refractivity contribution in [3.05, 3.63) is 160 Å². The monoisotopic (exact) mass is 838 g/mol. The van der Waals surface area contributed by atoms with Crippen LogP contribution in [0.15, 0.2) is 121 Å². The molecule has 10 nitrogen and oxygen atoms in total. The molecule has 1 aliphatic heterocycles. The Hall–Kier alpha value is -6.13. The number of hydrogen-bond donors (Lipinski definition) is 1. The van der Waals surface area contributed by atoms with E-state index >= 15 is 0 Å². The fraction of sp³-hybridized carbons (Fsp3) is 0.365.